The predicted octanol–water partition coefficient (Wildman–Crippen LogP) is 3.40. The SMILES string of the molecule is COC(=O)/C(=C\c1ccccc1)c1ccccc1. The van der Waals surface area contributed by atoms with Crippen LogP contribution in [0.15, 0.2) is 60.7 Å². The summed E-state index contributed by atoms with van der Waals surface area (Å²) in [4.78, 5) is 11.8. The number of carbonyl (C=O) groups excluding carboxylic acids is 1. The first-order chi connectivity index (χ1) is 8.81. The Balaban J connectivity index is 2.44. The standard InChI is InChI=1S/C16H14O2/c1-18-16(17)15(14-10-6-3-7-11-14)12-13-8-4-2-5-9-13/h2-12H,1H3/b15-12-. The number of benzene rings is 2. The third-order valence-electron chi connectivity index (χ3n) is 2.60. The van der Waals surface area contributed by atoms with Crippen molar-refractivity contribution in [3.63, 3.8) is 0 Å². The second-order valence-electron chi connectivity index (χ2n) is 3.83. The average Bonchev–Trinajstić information content (AvgIpc) is 2.46. The Hall–Kier alpha value is -2.35. The van der Waals surface area contributed by atoms with E-state index in [0.717, 1.165) is 11.1 Å². The van der Waals surface area contributed by atoms with Crippen LogP contribution in [0.2, 0.25) is 0 Å². The van der Waals surface area contributed by atoms with E-state index in [4.69, 9.17) is 4.74 Å². The molecule has 0 unspecified atom stereocenters. The number of methoxy groups -OCH3 is 1. The average molecular weight is 238 g/mol. The van der Waals surface area contributed by atoms with Crippen molar-refractivity contribution in [3.05, 3.63) is 71.8 Å². The van der Waals surface area contributed by atoms with Gasteiger partial charge in [0, 0.05) is 0 Å². The second-order valence-corrected chi connectivity index (χ2v) is 3.83. The maximum Gasteiger partial charge on any atom is 0.338 e. The van der Waals surface area contributed by atoms with Gasteiger partial charge in [-0.15, -0.1) is 0 Å². The minimum absolute atomic E-state index is 0.329. The lowest BCUT2D eigenvalue weighted by molar-refractivity contribution is -0.133. The maximum absolute atomic E-state index is 11.8. The van der Waals surface area contributed by atoms with Gasteiger partial charge in [-0.3, -0.25) is 0 Å². The van der Waals surface area contributed by atoms with Gasteiger partial charge in [-0.25, -0.2) is 4.79 Å². The van der Waals surface area contributed by atoms with E-state index < -0.39 is 0 Å². The van der Waals surface area contributed by atoms with Gasteiger partial charge in [0.25, 0.3) is 0 Å². The zero-order valence-corrected chi connectivity index (χ0v) is 10.2. The maximum atomic E-state index is 11.8. The van der Waals surface area contributed by atoms with E-state index in [2.05, 4.69) is 0 Å². The fourth-order valence-electron chi connectivity index (χ4n) is 1.70. The van der Waals surface area contributed by atoms with Crippen molar-refractivity contribution in [2.75, 3.05) is 7.11 Å². The van der Waals surface area contributed by atoms with Crippen molar-refractivity contribution in [2.24, 2.45) is 0 Å². The lowest BCUT2D eigenvalue weighted by Gasteiger charge is -2.05. The smallest absolute Gasteiger partial charge is 0.338 e. The minimum atomic E-state index is -0.329. The van der Waals surface area contributed by atoms with Crippen LogP contribution < -0.4 is 0 Å². The summed E-state index contributed by atoms with van der Waals surface area (Å²) in [6.45, 7) is 0. The van der Waals surface area contributed by atoms with Crippen molar-refractivity contribution in [2.45, 2.75) is 0 Å². The Morgan fingerprint density at radius 1 is 0.944 bits per heavy atom. The number of esters is 1. The number of hydrogen-bond acceptors (Lipinski definition) is 2. The van der Waals surface area contributed by atoms with Crippen molar-refractivity contribution in [3.8, 4) is 0 Å². The van der Waals surface area contributed by atoms with Crippen LogP contribution in [0, 0.1) is 0 Å². The summed E-state index contributed by atoms with van der Waals surface area (Å²) >= 11 is 0. The molecule has 0 bridgehead atoms. The molecule has 0 radical (unpaired) electrons. The van der Waals surface area contributed by atoms with Crippen molar-refractivity contribution < 1.29 is 9.53 Å². The van der Waals surface area contributed by atoms with Crippen molar-refractivity contribution in [1.82, 2.24) is 0 Å². The van der Waals surface area contributed by atoms with E-state index in [1.54, 1.807) is 0 Å². The Kier molecular flexibility index (Phi) is 3.92. The summed E-state index contributed by atoms with van der Waals surface area (Å²) in [5.41, 5.74) is 2.39. The highest BCUT2D eigenvalue weighted by Gasteiger charge is 2.11. The molecule has 0 amide bonds. The first kappa shape index (κ1) is 12.1. The molecule has 0 aliphatic rings. The Bertz CT molecular complexity index is 542. The highest BCUT2D eigenvalue weighted by atomic mass is 16.5. The number of rotatable bonds is 3. The zero-order chi connectivity index (χ0) is 12.8. The molecular weight excluding hydrogens is 224 g/mol. The summed E-state index contributed by atoms with van der Waals surface area (Å²) in [5, 5.41) is 0. The van der Waals surface area contributed by atoms with Gasteiger partial charge in [0.2, 0.25) is 0 Å². The van der Waals surface area contributed by atoms with Gasteiger partial charge in [0.1, 0.15) is 0 Å². The summed E-state index contributed by atoms with van der Waals surface area (Å²) in [7, 11) is 1.39. The van der Waals surface area contributed by atoms with Gasteiger partial charge in [-0.05, 0) is 17.2 Å². The van der Waals surface area contributed by atoms with Crippen molar-refractivity contribution in [1.29, 1.82) is 0 Å². The number of carbonyl (C=O) groups is 1. The molecule has 0 saturated carbocycles. The van der Waals surface area contributed by atoms with E-state index in [0.29, 0.717) is 5.57 Å². The van der Waals surface area contributed by atoms with E-state index in [1.807, 2.05) is 66.7 Å². The molecule has 0 heterocycles. The molecule has 2 nitrogen and oxygen atoms in total. The molecule has 0 aliphatic carbocycles. The molecular formula is C16H14O2. The number of ether oxygens (including phenoxy) is 1. The topological polar surface area (TPSA) is 26.3 Å². The molecule has 0 atom stereocenters. The summed E-state index contributed by atoms with van der Waals surface area (Å²) in [6.07, 6.45) is 1.83. The van der Waals surface area contributed by atoms with Crippen LogP contribution in [0.3, 0.4) is 0 Å². The van der Waals surface area contributed by atoms with Crippen LogP contribution in [0.25, 0.3) is 11.6 Å². The van der Waals surface area contributed by atoms with Crippen LogP contribution in [-0.4, -0.2) is 13.1 Å². The molecule has 0 aromatic heterocycles. The van der Waals surface area contributed by atoms with Gasteiger partial charge in [0.15, 0.2) is 0 Å². The van der Waals surface area contributed by atoms with Crippen LogP contribution in [0.4, 0.5) is 0 Å². The molecule has 90 valence electrons. The Morgan fingerprint density at radius 2 is 1.50 bits per heavy atom. The quantitative estimate of drug-likeness (QED) is 0.465. The van der Waals surface area contributed by atoms with E-state index in [-0.39, 0.29) is 5.97 Å². The van der Waals surface area contributed by atoms with Gasteiger partial charge in [-0.1, -0.05) is 60.7 Å². The fourth-order valence-corrected chi connectivity index (χ4v) is 1.70. The van der Waals surface area contributed by atoms with E-state index in [9.17, 15) is 4.79 Å². The van der Waals surface area contributed by atoms with Gasteiger partial charge < -0.3 is 4.74 Å². The minimum Gasteiger partial charge on any atom is -0.465 e. The van der Waals surface area contributed by atoms with Crippen molar-refractivity contribution >= 4 is 17.6 Å². The lowest BCUT2D eigenvalue weighted by Crippen LogP contribution is -2.03. The lowest BCUT2D eigenvalue weighted by atomic mass is 10.0. The molecule has 0 saturated heterocycles. The van der Waals surface area contributed by atoms with Gasteiger partial charge in [-0.2, -0.15) is 0 Å². The molecule has 0 aliphatic heterocycles. The highest BCUT2D eigenvalue weighted by molar-refractivity contribution is 6.21. The molecule has 0 fully saturated rings. The molecule has 18 heavy (non-hydrogen) atoms. The summed E-state index contributed by atoms with van der Waals surface area (Å²) < 4.78 is 4.83. The third kappa shape index (κ3) is 2.86. The first-order valence-electron chi connectivity index (χ1n) is 5.72. The molecule has 2 rings (SSSR count). The van der Waals surface area contributed by atoms with E-state index >= 15 is 0 Å². The fraction of sp³-hybridized carbons (Fsp3) is 0.0625. The molecule has 2 aromatic rings. The highest BCUT2D eigenvalue weighted by Crippen LogP contribution is 2.19. The van der Waals surface area contributed by atoms with E-state index in [1.165, 1.54) is 7.11 Å². The van der Waals surface area contributed by atoms with Crippen LogP contribution in [0.5, 0.6) is 0 Å². The van der Waals surface area contributed by atoms with Crippen LogP contribution >= 0.6 is 0 Å². The monoisotopic (exact) mass is 238 g/mol. The molecule has 0 N–H and O–H groups in total. The largest absolute Gasteiger partial charge is 0.465 e. The second kappa shape index (κ2) is 5.82. The first-order valence-corrected chi connectivity index (χ1v) is 5.72. The number of hydrogen-bond donors (Lipinski definition) is 0. The summed E-state index contributed by atoms with van der Waals surface area (Å²) in [6, 6.07) is 19.2. The summed E-state index contributed by atoms with van der Waals surface area (Å²) in [5.74, 6) is -0.329. The van der Waals surface area contributed by atoms with Gasteiger partial charge >= 0.3 is 5.97 Å². The van der Waals surface area contributed by atoms with Crippen LogP contribution in [0.1, 0.15) is 11.1 Å². The molecule has 2 heteroatoms. The Morgan fingerprint density at radius 3 is 2.06 bits per heavy atom. The predicted molar refractivity (Wildman–Crippen MR) is 72.8 cm³/mol. The Labute approximate surface area is 107 Å². The molecule has 2 aromatic carbocycles. The normalized spacial score (nSPS) is 11.1. The van der Waals surface area contributed by atoms with Crippen LogP contribution in [-0.2, 0) is 9.53 Å². The van der Waals surface area contributed by atoms with Gasteiger partial charge in [0.05, 0.1) is 12.7 Å². The zero-order valence-electron chi connectivity index (χ0n) is 10.2. The third-order valence-corrected chi connectivity index (χ3v) is 2.60. The molecule has 0 spiro atoms.